The van der Waals surface area contributed by atoms with Crippen LogP contribution in [0.2, 0.25) is 0 Å². The lowest BCUT2D eigenvalue weighted by atomic mass is 10.1. The standard InChI is InChI=1S/C14H19N3O/c1-10(2)17-14(18)11(3)16-9-13-7-5-4-6-12(13)8-15/h4-7,10-11,16H,9H2,1-3H3,(H,17,18). The zero-order chi connectivity index (χ0) is 13.5. The van der Waals surface area contributed by atoms with Crippen LogP contribution in [0.15, 0.2) is 24.3 Å². The zero-order valence-corrected chi connectivity index (χ0v) is 11.0. The number of nitrogens with one attached hydrogen (secondary N) is 2. The minimum absolute atomic E-state index is 0.0283. The summed E-state index contributed by atoms with van der Waals surface area (Å²) in [5.74, 6) is -0.0283. The van der Waals surface area contributed by atoms with Crippen molar-refractivity contribution in [3.63, 3.8) is 0 Å². The third-order valence-electron chi connectivity index (χ3n) is 2.56. The molecule has 1 unspecified atom stereocenters. The van der Waals surface area contributed by atoms with Crippen molar-refractivity contribution in [3.8, 4) is 6.07 Å². The molecule has 1 atom stereocenters. The second kappa shape index (κ2) is 6.77. The number of carbonyl (C=O) groups excluding carboxylic acids is 1. The van der Waals surface area contributed by atoms with Crippen LogP contribution in [-0.2, 0) is 11.3 Å². The molecule has 0 aliphatic rings. The summed E-state index contributed by atoms with van der Waals surface area (Å²) < 4.78 is 0. The highest BCUT2D eigenvalue weighted by Crippen LogP contribution is 2.06. The molecule has 0 saturated carbocycles. The Morgan fingerprint density at radius 1 is 1.33 bits per heavy atom. The van der Waals surface area contributed by atoms with Crippen LogP contribution in [0.1, 0.15) is 31.9 Å². The van der Waals surface area contributed by atoms with Crippen LogP contribution in [0.5, 0.6) is 0 Å². The first-order valence-electron chi connectivity index (χ1n) is 6.06. The molecule has 18 heavy (non-hydrogen) atoms. The van der Waals surface area contributed by atoms with Crippen molar-refractivity contribution in [2.45, 2.75) is 39.4 Å². The van der Waals surface area contributed by atoms with E-state index in [1.807, 2.05) is 39.0 Å². The highest BCUT2D eigenvalue weighted by molar-refractivity contribution is 5.81. The largest absolute Gasteiger partial charge is 0.353 e. The Hall–Kier alpha value is -1.86. The summed E-state index contributed by atoms with van der Waals surface area (Å²) in [7, 11) is 0. The monoisotopic (exact) mass is 245 g/mol. The average molecular weight is 245 g/mol. The molecular formula is C14H19N3O. The van der Waals surface area contributed by atoms with Gasteiger partial charge in [-0.3, -0.25) is 4.79 Å². The average Bonchev–Trinajstić information content (AvgIpc) is 2.35. The normalized spacial score (nSPS) is 11.9. The first kappa shape index (κ1) is 14.2. The fourth-order valence-corrected chi connectivity index (χ4v) is 1.55. The smallest absolute Gasteiger partial charge is 0.237 e. The van der Waals surface area contributed by atoms with E-state index in [0.717, 1.165) is 5.56 Å². The molecule has 0 spiro atoms. The van der Waals surface area contributed by atoms with Crippen LogP contribution in [0, 0.1) is 11.3 Å². The van der Waals surface area contributed by atoms with Gasteiger partial charge in [-0.25, -0.2) is 0 Å². The minimum Gasteiger partial charge on any atom is -0.353 e. The highest BCUT2D eigenvalue weighted by atomic mass is 16.2. The van der Waals surface area contributed by atoms with E-state index in [9.17, 15) is 4.79 Å². The van der Waals surface area contributed by atoms with E-state index >= 15 is 0 Å². The van der Waals surface area contributed by atoms with Crippen LogP contribution < -0.4 is 10.6 Å². The van der Waals surface area contributed by atoms with Crippen LogP contribution in [0.4, 0.5) is 0 Å². The number of nitrogens with zero attached hydrogens (tertiary/aromatic N) is 1. The molecule has 1 amide bonds. The van der Waals surface area contributed by atoms with Crippen LogP contribution in [-0.4, -0.2) is 18.0 Å². The highest BCUT2D eigenvalue weighted by Gasteiger charge is 2.13. The maximum absolute atomic E-state index is 11.7. The third kappa shape index (κ3) is 4.19. The lowest BCUT2D eigenvalue weighted by Crippen LogP contribution is -2.44. The Kier molecular flexibility index (Phi) is 5.34. The summed E-state index contributed by atoms with van der Waals surface area (Å²) in [4.78, 5) is 11.7. The molecule has 0 fully saturated rings. The first-order valence-corrected chi connectivity index (χ1v) is 6.06. The molecule has 1 aromatic rings. The van der Waals surface area contributed by atoms with E-state index in [4.69, 9.17) is 5.26 Å². The predicted octanol–water partition coefficient (Wildman–Crippen LogP) is 1.56. The van der Waals surface area contributed by atoms with E-state index < -0.39 is 0 Å². The van der Waals surface area contributed by atoms with Crippen LogP contribution >= 0.6 is 0 Å². The van der Waals surface area contributed by atoms with Crippen molar-refractivity contribution in [2.24, 2.45) is 0 Å². The van der Waals surface area contributed by atoms with E-state index in [-0.39, 0.29) is 18.0 Å². The van der Waals surface area contributed by atoms with Gasteiger partial charge in [0, 0.05) is 12.6 Å². The zero-order valence-electron chi connectivity index (χ0n) is 11.0. The molecule has 1 aromatic carbocycles. The van der Waals surface area contributed by atoms with Gasteiger partial charge in [0.15, 0.2) is 0 Å². The molecule has 0 bridgehead atoms. The summed E-state index contributed by atoms with van der Waals surface area (Å²) in [6, 6.07) is 9.37. The first-order chi connectivity index (χ1) is 8.54. The molecule has 4 nitrogen and oxygen atoms in total. The van der Waals surface area contributed by atoms with E-state index in [0.29, 0.717) is 12.1 Å². The van der Waals surface area contributed by atoms with Crippen molar-refractivity contribution < 1.29 is 4.79 Å². The Morgan fingerprint density at radius 2 is 2.00 bits per heavy atom. The molecule has 0 radical (unpaired) electrons. The number of nitriles is 1. The fraction of sp³-hybridized carbons (Fsp3) is 0.429. The van der Waals surface area contributed by atoms with Crippen molar-refractivity contribution in [1.29, 1.82) is 5.26 Å². The van der Waals surface area contributed by atoms with Crippen molar-refractivity contribution in [2.75, 3.05) is 0 Å². The molecule has 96 valence electrons. The SMILES string of the molecule is CC(C)NC(=O)C(C)NCc1ccccc1C#N. The summed E-state index contributed by atoms with van der Waals surface area (Å²) in [5.41, 5.74) is 1.55. The summed E-state index contributed by atoms with van der Waals surface area (Å²) in [5, 5.41) is 14.9. The van der Waals surface area contributed by atoms with Gasteiger partial charge in [-0.2, -0.15) is 5.26 Å². The quantitative estimate of drug-likeness (QED) is 0.827. The van der Waals surface area contributed by atoms with Gasteiger partial charge in [-0.15, -0.1) is 0 Å². The molecule has 0 saturated heterocycles. The number of amides is 1. The van der Waals surface area contributed by atoms with Crippen molar-refractivity contribution >= 4 is 5.91 Å². The number of hydrogen-bond donors (Lipinski definition) is 2. The molecule has 0 aliphatic carbocycles. The number of hydrogen-bond acceptors (Lipinski definition) is 3. The summed E-state index contributed by atoms with van der Waals surface area (Å²) in [6.07, 6.45) is 0. The predicted molar refractivity (Wildman–Crippen MR) is 70.7 cm³/mol. The van der Waals surface area contributed by atoms with Gasteiger partial charge >= 0.3 is 0 Å². The van der Waals surface area contributed by atoms with Gasteiger partial charge in [-0.05, 0) is 32.4 Å². The second-order valence-corrected chi connectivity index (χ2v) is 4.53. The minimum atomic E-state index is -0.279. The topological polar surface area (TPSA) is 64.9 Å². The van der Waals surface area contributed by atoms with Gasteiger partial charge in [0.1, 0.15) is 0 Å². The maximum Gasteiger partial charge on any atom is 0.237 e. The van der Waals surface area contributed by atoms with Gasteiger partial charge < -0.3 is 10.6 Å². The van der Waals surface area contributed by atoms with Crippen LogP contribution in [0.3, 0.4) is 0 Å². The fourth-order valence-electron chi connectivity index (χ4n) is 1.55. The molecule has 2 N–H and O–H groups in total. The molecule has 1 rings (SSSR count). The van der Waals surface area contributed by atoms with Gasteiger partial charge in [0.2, 0.25) is 5.91 Å². The Balaban J connectivity index is 2.55. The van der Waals surface area contributed by atoms with Gasteiger partial charge in [0.05, 0.1) is 17.7 Å². The Bertz CT molecular complexity index is 449. The Labute approximate surface area is 108 Å². The molecule has 0 heterocycles. The third-order valence-corrected chi connectivity index (χ3v) is 2.56. The maximum atomic E-state index is 11.7. The number of benzene rings is 1. The lowest BCUT2D eigenvalue weighted by Gasteiger charge is -2.16. The molecule has 0 aromatic heterocycles. The van der Waals surface area contributed by atoms with Gasteiger partial charge in [-0.1, -0.05) is 18.2 Å². The molecular weight excluding hydrogens is 226 g/mol. The van der Waals surface area contributed by atoms with Crippen molar-refractivity contribution in [3.05, 3.63) is 35.4 Å². The van der Waals surface area contributed by atoms with Crippen molar-refractivity contribution in [1.82, 2.24) is 10.6 Å². The van der Waals surface area contributed by atoms with E-state index in [1.54, 1.807) is 6.07 Å². The molecule has 0 aliphatic heterocycles. The summed E-state index contributed by atoms with van der Waals surface area (Å²) >= 11 is 0. The summed E-state index contributed by atoms with van der Waals surface area (Å²) in [6.45, 7) is 6.17. The Morgan fingerprint density at radius 3 is 2.61 bits per heavy atom. The second-order valence-electron chi connectivity index (χ2n) is 4.53. The van der Waals surface area contributed by atoms with E-state index in [1.165, 1.54) is 0 Å². The number of carbonyl (C=O) groups is 1. The van der Waals surface area contributed by atoms with Crippen LogP contribution in [0.25, 0.3) is 0 Å². The number of rotatable bonds is 5. The molecule has 4 heteroatoms. The van der Waals surface area contributed by atoms with E-state index in [2.05, 4.69) is 16.7 Å². The lowest BCUT2D eigenvalue weighted by molar-refractivity contribution is -0.123. The van der Waals surface area contributed by atoms with Gasteiger partial charge in [0.25, 0.3) is 0 Å².